The lowest BCUT2D eigenvalue weighted by Crippen LogP contribution is -2.48. The van der Waals surface area contributed by atoms with E-state index in [1.54, 1.807) is 4.90 Å². The minimum atomic E-state index is -1.03. The lowest BCUT2D eigenvalue weighted by molar-refractivity contribution is -0.154. The van der Waals surface area contributed by atoms with Gasteiger partial charge >= 0.3 is 5.97 Å². The third-order valence-electron chi connectivity index (χ3n) is 4.21. The van der Waals surface area contributed by atoms with Crippen molar-refractivity contribution in [3.05, 3.63) is 36.0 Å². The summed E-state index contributed by atoms with van der Waals surface area (Å²) in [5.41, 5.74) is 1.65. The predicted molar refractivity (Wildman–Crippen MR) is 90.1 cm³/mol. The summed E-state index contributed by atoms with van der Waals surface area (Å²) >= 11 is 0. The van der Waals surface area contributed by atoms with Crippen molar-refractivity contribution >= 4 is 22.8 Å². The summed E-state index contributed by atoms with van der Waals surface area (Å²) in [6.45, 7) is 5.83. The van der Waals surface area contributed by atoms with Crippen LogP contribution in [0.3, 0.4) is 0 Å². The molecular formula is C18H22N2O4. The molecule has 128 valence electrons. The van der Waals surface area contributed by atoms with Crippen LogP contribution in [0, 0.1) is 5.92 Å². The monoisotopic (exact) mass is 330 g/mol. The van der Waals surface area contributed by atoms with Gasteiger partial charge in [0.05, 0.1) is 18.7 Å². The molecule has 1 aromatic carbocycles. The zero-order chi connectivity index (χ0) is 17.3. The summed E-state index contributed by atoms with van der Waals surface area (Å²) in [5, 5.41) is 10.0. The number of nitrogens with zero attached hydrogens (tertiary/aromatic N) is 2. The van der Waals surface area contributed by atoms with Crippen molar-refractivity contribution in [1.29, 1.82) is 0 Å². The van der Waals surface area contributed by atoms with E-state index in [-0.39, 0.29) is 19.1 Å². The van der Waals surface area contributed by atoms with Gasteiger partial charge in [-0.1, -0.05) is 32.0 Å². The summed E-state index contributed by atoms with van der Waals surface area (Å²) in [6.07, 6.45) is 0.935. The van der Waals surface area contributed by atoms with Gasteiger partial charge in [0, 0.05) is 30.2 Å². The first kappa shape index (κ1) is 16.5. The molecule has 1 fully saturated rings. The number of hydrogen-bond donors (Lipinski definition) is 1. The molecule has 1 aromatic heterocycles. The number of carbonyl (C=O) groups is 2. The molecule has 1 saturated heterocycles. The SMILES string of the molecule is CC(C)Cn1cc(C(=O)N2CCOC(C(=O)O)C2)c2ccccc21. The maximum absolute atomic E-state index is 12.9. The highest BCUT2D eigenvalue weighted by Gasteiger charge is 2.30. The van der Waals surface area contributed by atoms with Crippen LogP contribution in [0.25, 0.3) is 10.9 Å². The van der Waals surface area contributed by atoms with E-state index in [1.807, 2.05) is 30.5 Å². The molecule has 0 saturated carbocycles. The molecule has 3 rings (SSSR count). The van der Waals surface area contributed by atoms with Gasteiger partial charge in [0.2, 0.25) is 0 Å². The van der Waals surface area contributed by atoms with E-state index in [9.17, 15) is 9.59 Å². The first-order chi connectivity index (χ1) is 11.5. The number of ether oxygens (including phenoxy) is 1. The second-order valence-corrected chi connectivity index (χ2v) is 6.55. The van der Waals surface area contributed by atoms with E-state index in [1.165, 1.54) is 0 Å². The lowest BCUT2D eigenvalue weighted by Gasteiger charge is -2.30. The standard InChI is InChI=1S/C18H22N2O4/c1-12(2)9-20-10-14(13-5-3-4-6-15(13)20)17(21)19-7-8-24-16(11-19)18(22)23/h3-6,10,12,16H,7-9,11H2,1-2H3,(H,22,23). The van der Waals surface area contributed by atoms with Crippen LogP contribution in [0.5, 0.6) is 0 Å². The number of para-hydroxylation sites is 1. The molecule has 1 aliphatic heterocycles. The quantitative estimate of drug-likeness (QED) is 0.933. The molecule has 0 aliphatic carbocycles. The number of carboxylic acid groups (broad SMARTS) is 1. The molecule has 0 spiro atoms. The Labute approximate surface area is 140 Å². The van der Waals surface area contributed by atoms with Gasteiger partial charge in [-0.3, -0.25) is 4.79 Å². The Hall–Kier alpha value is -2.34. The molecule has 6 nitrogen and oxygen atoms in total. The number of carboxylic acids is 1. The molecule has 24 heavy (non-hydrogen) atoms. The van der Waals surface area contributed by atoms with Crippen molar-refractivity contribution in [3.8, 4) is 0 Å². The van der Waals surface area contributed by atoms with Crippen LogP contribution in [-0.4, -0.2) is 52.3 Å². The minimum Gasteiger partial charge on any atom is -0.479 e. The largest absolute Gasteiger partial charge is 0.479 e. The number of fused-ring (bicyclic) bond motifs is 1. The predicted octanol–water partition coefficient (Wildman–Crippen LogP) is 2.22. The third kappa shape index (κ3) is 3.14. The molecular weight excluding hydrogens is 308 g/mol. The highest BCUT2D eigenvalue weighted by molar-refractivity contribution is 6.07. The zero-order valence-corrected chi connectivity index (χ0v) is 13.9. The van der Waals surface area contributed by atoms with Crippen LogP contribution < -0.4 is 0 Å². The Balaban J connectivity index is 1.93. The number of morpholine rings is 1. The van der Waals surface area contributed by atoms with Gasteiger partial charge in [-0.15, -0.1) is 0 Å². The fourth-order valence-corrected chi connectivity index (χ4v) is 3.12. The Morgan fingerprint density at radius 2 is 2.08 bits per heavy atom. The van der Waals surface area contributed by atoms with Crippen molar-refractivity contribution in [2.45, 2.75) is 26.5 Å². The van der Waals surface area contributed by atoms with E-state index in [0.29, 0.717) is 18.0 Å². The Kier molecular flexibility index (Phi) is 4.57. The first-order valence-electron chi connectivity index (χ1n) is 8.19. The summed E-state index contributed by atoms with van der Waals surface area (Å²) in [6, 6.07) is 7.82. The number of benzene rings is 1. The highest BCUT2D eigenvalue weighted by atomic mass is 16.5. The minimum absolute atomic E-state index is 0.0812. The van der Waals surface area contributed by atoms with Gasteiger partial charge in [-0.25, -0.2) is 4.79 Å². The van der Waals surface area contributed by atoms with Gasteiger partial charge in [0.15, 0.2) is 6.10 Å². The normalized spacial score (nSPS) is 18.3. The molecule has 0 bridgehead atoms. The number of hydrogen-bond acceptors (Lipinski definition) is 3. The third-order valence-corrected chi connectivity index (χ3v) is 4.21. The van der Waals surface area contributed by atoms with Crippen LogP contribution in [0.1, 0.15) is 24.2 Å². The average Bonchev–Trinajstić information content (AvgIpc) is 2.92. The molecule has 1 amide bonds. The zero-order valence-electron chi connectivity index (χ0n) is 13.9. The molecule has 2 heterocycles. The second-order valence-electron chi connectivity index (χ2n) is 6.55. The van der Waals surface area contributed by atoms with E-state index >= 15 is 0 Å². The number of carbonyl (C=O) groups excluding carboxylic acids is 1. The maximum atomic E-state index is 12.9. The van der Waals surface area contributed by atoms with Crippen molar-refractivity contribution in [2.75, 3.05) is 19.7 Å². The summed E-state index contributed by atoms with van der Waals surface area (Å²) in [7, 11) is 0. The number of aromatic nitrogens is 1. The number of aliphatic carboxylic acids is 1. The molecule has 1 aliphatic rings. The summed E-state index contributed by atoms with van der Waals surface area (Å²) < 4.78 is 7.30. The molecule has 2 aromatic rings. The van der Waals surface area contributed by atoms with E-state index in [4.69, 9.17) is 9.84 Å². The molecule has 1 unspecified atom stereocenters. The van der Waals surface area contributed by atoms with Gasteiger partial charge in [0.25, 0.3) is 5.91 Å². The van der Waals surface area contributed by atoms with Crippen molar-refractivity contribution in [3.63, 3.8) is 0 Å². The number of amides is 1. The number of rotatable bonds is 4. The smallest absolute Gasteiger partial charge is 0.334 e. The van der Waals surface area contributed by atoms with E-state index in [2.05, 4.69) is 18.4 Å². The molecule has 1 N–H and O–H groups in total. The van der Waals surface area contributed by atoms with Crippen molar-refractivity contribution in [2.24, 2.45) is 5.92 Å². The Morgan fingerprint density at radius 1 is 1.33 bits per heavy atom. The fraction of sp³-hybridized carbons (Fsp3) is 0.444. The van der Waals surface area contributed by atoms with Gasteiger partial charge in [-0.05, 0) is 12.0 Å². The van der Waals surface area contributed by atoms with Crippen LogP contribution in [0.2, 0.25) is 0 Å². The van der Waals surface area contributed by atoms with Gasteiger partial charge in [-0.2, -0.15) is 0 Å². The Morgan fingerprint density at radius 3 is 2.79 bits per heavy atom. The van der Waals surface area contributed by atoms with Gasteiger partial charge < -0.3 is 19.3 Å². The molecule has 1 atom stereocenters. The van der Waals surface area contributed by atoms with E-state index in [0.717, 1.165) is 17.4 Å². The first-order valence-corrected chi connectivity index (χ1v) is 8.19. The van der Waals surface area contributed by atoms with Crippen LogP contribution in [0.4, 0.5) is 0 Å². The molecule has 0 radical (unpaired) electrons. The lowest BCUT2D eigenvalue weighted by atomic mass is 10.1. The van der Waals surface area contributed by atoms with Crippen LogP contribution >= 0.6 is 0 Å². The fourth-order valence-electron chi connectivity index (χ4n) is 3.12. The average molecular weight is 330 g/mol. The summed E-state index contributed by atoms with van der Waals surface area (Å²) in [4.78, 5) is 25.6. The highest BCUT2D eigenvalue weighted by Crippen LogP contribution is 2.24. The maximum Gasteiger partial charge on any atom is 0.334 e. The Bertz CT molecular complexity index is 765. The van der Waals surface area contributed by atoms with E-state index < -0.39 is 12.1 Å². The van der Waals surface area contributed by atoms with Crippen LogP contribution in [0.15, 0.2) is 30.5 Å². The summed E-state index contributed by atoms with van der Waals surface area (Å²) in [5.74, 6) is -0.707. The molecule has 6 heteroatoms. The van der Waals surface area contributed by atoms with Gasteiger partial charge in [0.1, 0.15) is 0 Å². The van der Waals surface area contributed by atoms with Crippen molar-refractivity contribution in [1.82, 2.24) is 9.47 Å². The second kappa shape index (κ2) is 6.65. The van der Waals surface area contributed by atoms with Crippen molar-refractivity contribution < 1.29 is 19.4 Å². The topological polar surface area (TPSA) is 71.8 Å². The van der Waals surface area contributed by atoms with Crippen LogP contribution in [-0.2, 0) is 16.1 Å².